The third-order valence-corrected chi connectivity index (χ3v) is 6.36. The van der Waals surface area contributed by atoms with E-state index in [9.17, 15) is 13.2 Å². The molecule has 0 bridgehead atoms. The minimum atomic E-state index is -3.37. The summed E-state index contributed by atoms with van der Waals surface area (Å²) in [5.74, 6) is 0.339. The summed E-state index contributed by atoms with van der Waals surface area (Å²) in [4.78, 5) is 13.9. The van der Waals surface area contributed by atoms with Gasteiger partial charge < -0.3 is 19.1 Å². The Balaban J connectivity index is 1.37. The third-order valence-electron chi connectivity index (χ3n) is 5.38. The minimum absolute atomic E-state index is 0.0206. The van der Waals surface area contributed by atoms with Crippen molar-refractivity contribution in [1.29, 1.82) is 0 Å². The van der Waals surface area contributed by atoms with Crippen molar-refractivity contribution in [3.05, 3.63) is 12.1 Å². The molecule has 174 valence electrons. The van der Waals surface area contributed by atoms with Crippen molar-refractivity contribution < 1.29 is 27.4 Å². The maximum absolute atomic E-state index is 12.2. The lowest BCUT2D eigenvalue weighted by atomic mass is 9.94. The van der Waals surface area contributed by atoms with E-state index in [0.717, 1.165) is 44.8 Å². The van der Waals surface area contributed by atoms with Crippen molar-refractivity contribution in [3.63, 3.8) is 0 Å². The molecule has 0 spiro atoms. The number of sulfone groups is 1. The van der Waals surface area contributed by atoms with Gasteiger partial charge in [0.15, 0.2) is 14.9 Å². The fourth-order valence-corrected chi connectivity index (χ4v) is 4.30. The Morgan fingerprint density at radius 3 is 2.06 bits per heavy atom. The summed E-state index contributed by atoms with van der Waals surface area (Å²) >= 11 is 0. The predicted molar refractivity (Wildman–Crippen MR) is 114 cm³/mol. The van der Waals surface area contributed by atoms with E-state index >= 15 is 0 Å². The quantitative estimate of drug-likeness (QED) is 0.667. The van der Waals surface area contributed by atoms with Gasteiger partial charge in [-0.05, 0) is 65.4 Å². The molecule has 2 fully saturated rings. The van der Waals surface area contributed by atoms with Gasteiger partial charge in [0.05, 0.1) is 12.2 Å². The molecule has 0 radical (unpaired) electrons. The average Bonchev–Trinajstić information content (AvgIpc) is 2.68. The molecule has 1 amide bonds. The molecular weight excluding hydrogens is 422 g/mol. The molecule has 2 heterocycles. The zero-order chi connectivity index (χ0) is 22.6. The van der Waals surface area contributed by atoms with E-state index in [1.54, 1.807) is 11.0 Å². The standard InChI is InChI=1S/C21H33N3O6S/c1-21(2,3)30-20(25)24-13-11-17(12-14-24)28-15-5-7-16(8-6-15)29-18-9-10-19(23-22-18)31(4,26)27/h9-10,15-17H,5-8,11-14H2,1-4H3/t15-,16-. The van der Waals surface area contributed by atoms with Crippen molar-refractivity contribution >= 4 is 15.9 Å². The Morgan fingerprint density at radius 1 is 0.968 bits per heavy atom. The van der Waals surface area contributed by atoms with Crippen LogP contribution >= 0.6 is 0 Å². The van der Waals surface area contributed by atoms with E-state index < -0.39 is 15.4 Å². The van der Waals surface area contributed by atoms with Gasteiger partial charge in [0.1, 0.15) is 11.7 Å². The second-order valence-electron chi connectivity index (χ2n) is 9.30. The first-order valence-electron chi connectivity index (χ1n) is 10.8. The van der Waals surface area contributed by atoms with Crippen molar-refractivity contribution in [2.45, 2.75) is 88.2 Å². The number of carbonyl (C=O) groups is 1. The first-order valence-corrected chi connectivity index (χ1v) is 12.7. The molecule has 1 aliphatic carbocycles. The Kier molecular flexibility index (Phi) is 7.41. The van der Waals surface area contributed by atoms with Crippen LogP contribution in [0.1, 0.15) is 59.3 Å². The van der Waals surface area contributed by atoms with Gasteiger partial charge in [-0.25, -0.2) is 13.2 Å². The normalized spacial score (nSPS) is 23.4. The van der Waals surface area contributed by atoms with Crippen LogP contribution in [0.5, 0.6) is 5.88 Å². The van der Waals surface area contributed by atoms with Crippen molar-refractivity contribution in [2.24, 2.45) is 0 Å². The topological polar surface area (TPSA) is 108 Å². The van der Waals surface area contributed by atoms with Gasteiger partial charge in [0.2, 0.25) is 5.88 Å². The Bertz CT molecular complexity index is 837. The minimum Gasteiger partial charge on any atom is -0.473 e. The number of rotatable bonds is 5. The van der Waals surface area contributed by atoms with E-state index in [0.29, 0.717) is 19.0 Å². The van der Waals surface area contributed by atoms with E-state index in [1.807, 2.05) is 20.8 Å². The van der Waals surface area contributed by atoms with Crippen molar-refractivity contribution in [3.8, 4) is 5.88 Å². The number of nitrogens with zero attached hydrogens (tertiary/aromatic N) is 3. The highest BCUT2D eigenvalue weighted by molar-refractivity contribution is 7.90. The lowest BCUT2D eigenvalue weighted by Crippen LogP contribution is -2.44. The maximum atomic E-state index is 12.2. The van der Waals surface area contributed by atoms with Gasteiger partial charge in [0.25, 0.3) is 0 Å². The molecule has 0 atom stereocenters. The molecule has 0 unspecified atom stereocenters. The second kappa shape index (κ2) is 9.68. The summed E-state index contributed by atoms with van der Waals surface area (Å²) in [6, 6.07) is 2.96. The number of hydrogen-bond acceptors (Lipinski definition) is 8. The maximum Gasteiger partial charge on any atom is 0.410 e. The number of ether oxygens (including phenoxy) is 3. The van der Waals surface area contributed by atoms with Gasteiger partial charge in [-0.3, -0.25) is 0 Å². The monoisotopic (exact) mass is 455 g/mol. The molecule has 1 aromatic heterocycles. The van der Waals surface area contributed by atoms with Crippen LogP contribution in [-0.4, -0.2) is 72.9 Å². The zero-order valence-corrected chi connectivity index (χ0v) is 19.6. The summed E-state index contributed by atoms with van der Waals surface area (Å²) < 4.78 is 40.5. The van der Waals surface area contributed by atoms with Crippen LogP contribution in [0.4, 0.5) is 4.79 Å². The van der Waals surface area contributed by atoms with Crippen LogP contribution in [0.3, 0.4) is 0 Å². The average molecular weight is 456 g/mol. The SMILES string of the molecule is CC(C)(C)OC(=O)N1CCC(O[C@H]2CC[C@H](Oc3ccc(S(C)(=O)=O)nn3)CC2)CC1. The Hall–Kier alpha value is -1.94. The van der Waals surface area contributed by atoms with E-state index in [4.69, 9.17) is 14.2 Å². The number of hydrogen-bond donors (Lipinski definition) is 0. The summed E-state index contributed by atoms with van der Waals surface area (Å²) in [5.41, 5.74) is -0.480. The highest BCUT2D eigenvalue weighted by Gasteiger charge is 2.30. The van der Waals surface area contributed by atoms with E-state index in [1.165, 1.54) is 6.07 Å². The molecular formula is C21H33N3O6S. The number of piperidine rings is 1. The zero-order valence-electron chi connectivity index (χ0n) is 18.7. The number of aromatic nitrogens is 2. The molecule has 1 aliphatic heterocycles. The largest absolute Gasteiger partial charge is 0.473 e. The fraction of sp³-hybridized carbons (Fsp3) is 0.762. The molecule has 0 N–H and O–H groups in total. The molecule has 1 saturated carbocycles. The van der Waals surface area contributed by atoms with Gasteiger partial charge in [-0.15, -0.1) is 10.2 Å². The van der Waals surface area contributed by atoms with Crippen LogP contribution in [-0.2, 0) is 19.3 Å². The molecule has 3 rings (SSSR count). The molecule has 2 aliphatic rings. The summed E-state index contributed by atoms with van der Waals surface area (Å²) in [7, 11) is -3.37. The van der Waals surface area contributed by atoms with E-state index in [-0.39, 0.29) is 29.4 Å². The highest BCUT2D eigenvalue weighted by Crippen LogP contribution is 2.28. The van der Waals surface area contributed by atoms with Crippen LogP contribution in [0, 0.1) is 0 Å². The second-order valence-corrected chi connectivity index (χ2v) is 11.3. The molecule has 31 heavy (non-hydrogen) atoms. The summed E-state index contributed by atoms with van der Waals surface area (Å²) in [6.07, 6.45) is 6.33. The van der Waals surface area contributed by atoms with Crippen LogP contribution in [0.25, 0.3) is 0 Å². The Morgan fingerprint density at radius 2 is 1.55 bits per heavy atom. The molecule has 1 aromatic rings. The van der Waals surface area contributed by atoms with Gasteiger partial charge >= 0.3 is 6.09 Å². The molecule has 1 saturated heterocycles. The summed E-state index contributed by atoms with van der Waals surface area (Å²) in [5, 5.41) is 7.53. The van der Waals surface area contributed by atoms with Crippen LogP contribution in [0.15, 0.2) is 17.2 Å². The first-order chi connectivity index (χ1) is 14.5. The van der Waals surface area contributed by atoms with Gasteiger partial charge in [-0.1, -0.05) is 0 Å². The lowest BCUT2D eigenvalue weighted by Gasteiger charge is -2.36. The lowest BCUT2D eigenvalue weighted by molar-refractivity contribution is -0.0678. The number of amides is 1. The fourth-order valence-electron chi connectivity index (χ4n) is 3.80. The highest BCUT2D eigenvalue weighted by atomic mass is 32.2. The first kappa shape index (κ1) is 23.7. The summed E-state index contributed by atoms with van der Waals surface area (Å²) in [6.45, 7) is 6.93. The third kappa shape index (κ3) is 7.31. The van der Waals surface area contributed by atoms with Crippen molar-refractivity contribution in [1.82, 2.24) is 15.1 Å². The smallest absolute Gasteiger partial charge is 0.410 e. The predicted octanol–water partition coefficient (Wildman–Crippen LogP) is 2.99. The number of likely N-dealkylation sites (tertiary alicyclic amines) is 1. The van der Waals surface area contributed by atoms with Crippen LogP contribution in [0.2, 0.25) is 0 Å². The molecule has 9 nitrogen and oxygen atoms in total. The molecule has 10 heteroatoms. The number of carbonyl (C=O) groups excluding carboxylic acids is 1. The van der Waals surface area contributed by atoms with Crippen LogP contribution < -0.4 is 4.74 Å². The van der Waals surface area contributed by atoms with Crippen molar-refractivity contribution in [2.75, 3.05) is 19.3 Å². The van der Waals surface area contributed by atoms with Gasteiger partial charge in [-0.2, -0.15) is 0 Å². The Labute approximate surface area is 184 Å². The molecule has 0 aromatic carbocycles. The van der Waals surface area contributed by atoms with E-state index in [2.05, 4.69) is 10.2 Å². The van der Waals surface area contributed by atoms with Gasteiger partial charge in [0, 0.05) is 25.4 Å².